The zero-order chi connectivity index (χ0) is 10.7. The highest BCUT2D eigenvalue weighted by Crippen LogP contribution is 2.22. The van der Waals surface area contributed by atoms with Crippen molar-refractivity contribution in [3.63, 3.8) is 0 Å². The van der Waals surface area contributed by atoms with Crippen LogP contribution >= 0.6 is 11.6 Å². The summed E-state index contributed by atoms with van der Waals surface area (Å²) in [4.78, 5) is 0. The Bertz CT molecular complexity index is 297. The molecule has 0 aliphatic heterocycles. The van der Waals surface area contributed by atoms with Crippen molar-refractivity contribution in [3.05, 3.63) is 34.6 Å². The minimum atomic E-state index is -2.51. The van der Waals surface area contributed by atoms with Gasteiger partial charge >= 0.3 is 0 Å². The van der Waals surface area contributed by atoms with E-state index < -0.39 is 24.7 Å². The quantitative estimate of drug-likeness (QED) is 0.837. The lowest BCUT2D eigenvalue weighted by Crippen LogP contribution is -2.14. The first kappa shape index (κ1) is 11.3. The van der Waals surface area contributed by atoms with E-state index in [1.807, 2.05) is 0 Å². The molecule has 0 saturated heterocycles. The molecule has 1 atom stereocenters. The summed E-state index contributed by atoms with van der Waals surface area (Å²) in [6.07, 6.45) is -3.01. The Morgan fingerprint density at radius 1 is 1.29 bits per heavy atom. The molecule has 78 valence electrons. The van der Waals surface area contributed by atoms with E-state index in [0.29, 0.717) is 0 Å². The molecule has 2 N–H and O–H groups in total. The molecule has 0 fully saturated rings. The van der Waals surface area contributed by atoms with Crippen LogP contribution < -0.4 is 5.73 Å². The molecule has 0 amide bonds. The lowest BCUT2D eigenvalue weighted by molar-refractivity contribution is 0.128. The fourth-order valence-electron chi connectivity index (χ4n) is 1.12. The maximum Gasteiger partial charge on any atom is 0.240 e. The third-order valence-corrected chi connectivity index (χ3v) is 1.96. The van der Waals surface area contributed by atoms with E-state index in [1.54, 1.807) is 0 Å². The van der Waals surface area contributed by atoms with E-state index in [1.165, 1.54) is 6.07 Å². The summed E-state index contributed by atoms with van der Waals surface area (Å²) in [6.45, 7) is 0. The summed E-state index contributed by atoms with van der Waals surface area (Å²) in [5, 5.41) is 0.157. The van der Waals surface area contributed by atoms with Gasteiger partial charge in [0.15, 0.2) is 0 Å². The van der Waals surface area contributed by atoms with Crippen LogP contribution in [0.5, 0.6) is 0 Å². The Kier molecular flexibility index (Phi) is 3.77. The van der Waals surface area contributed by atoms with Crippen LogP contribution in [0, 0.1) is 5.82 Å². The summed E-state index contributed by atoms with van der Waals surface area (Å²) in [6, 6.07) is 2.71. The van der Waals surface area contributed by atoms with E-state index >= 15 is 0 Å². The van der Waals surface area contributed by atoms with Crippen LogP contribution in [0.4, 0.5) is 13.2 Å². The average Bonchev–Trinajstić information content (AvgIpc) is 2.00. The molecule has 0 aliphatic carbocycles. The number of rotatable bonds is 3. The van der Waals surface area contributed by atoms with Gasteiger partial charge in [0.25, 0.3) is 0 Å². The zero-order valence-electron chi connectivity index (χ0n) is 7.18. The van der Waals surface area contributed by atoms with Crippen molar-refractivity contribution >= 4 is 11.6 Å². The first-order valence-electron chi connectivity index (χ1n) is 3.98. The molecule has 0 heterocycles. The van der Waals surface area contributed by atoms with Crippen molar-refractivity contribution in [2.75, 3.05) is 0 Å². The van der Waals surface area contributed by atoms with Crippen molar-refractivity contribution < 1.29 is 13.2 Å². The van der Waals surface area contributed by atoms with Crippen LogP contribution in [0.1, 0.15) is 18.0 Å². The average molecular weight is 224 g/mol. The minimum absolute atomic E-state index is 0.157. The number of alkyl halides is 2. The topological polar surface area (TPSA) is 26.0 Å². The second-order valence-electron chi connectivity index (χ2n) is 2.94. The highest BCUT2D eigenvalue weighted by atomic mass is 35.5. The predicted molar refractivity (Wildman–Crippen MR) is 49.0 cm³/mol. The van der Waals surface area contributed by atoms with Crippen molar-refractivity contribution in [1.29, 1.82) is 0 Å². The predicted octanol–water partition coefficient (Wildman–Crippen LogP) is 3.13. The van der Waals surface area contributed by atoms with E-state index in [2.05, 4.69) is 0 Å². The fourth-order valence-corrected chi connectivity index (χ4v) is 1.35. The van der Waals surface area contributed by atoms with Crippen LogP contribution in [0.2, 0.25) is 5.02 Å². The highest BCUT2D eigenvalue weighted by molar-refractivity contribution is 6.30. The number of nitrogens with two attached hydrogens (primary N) is 1. The lowest BCUT2D eigenvalue weighted by Gasteiger charge is -2.11. The summed E-state index contributed by atoms with van der Waals surface area (Å²) in [5.74, 6) is -0.572. The first-order chi connectivity index (χ1) is 6.49. The van der Waals surface area contributed by atoms with E-state index in [4.69, 9.17) is 17.3 Å². The molecule has 0 radical (unpaired) electrons. The number of hydrogen-bond acceptors (Lipinski definition) is 1. The molecule has 0 unspecified atom stereocenters. The maximum atomic E-state index is 12.8. The number of halogens is 4. The Hall–Kier alpha value is -0.740. The first-order valence-corrected chi connectivity index (χ1v) is 4.36. The molecule has 1 aromatic carbocycles. The van der Waals surface area contributed by atoms with Crippen molar-refractivity contribution in [2.24, 2.45) is 5.73 Å². The van der Waals surface area contributed by atoms with Gasteiger partial charge in [-0.15, -0.1) is 0 Å². The van der Waals surface area contributed by atoms with Gasteiger partial charge in [0.1, 0.15) is 5.82 Å². The molecule has 1 aromatic rings. The summed E-state index contributed by atoms with van der Waals surface area (Å²) >= 11 is 5.55. The largest absolute Gasteiger partial charge is 0.324 e. The van der Waals surface area contributed by atoms with Gasteiger partial charge in [0, 0.05) is 17.5 Å². The second kappa shape index (κ2) is 4.66. The van der Waals surface area contributed by atoms with Crippen molar-refractivity contribution in [2.45, 2.75) is 18.9 Å². The zero-order valence-corrected chi connectivity index (χ0v) is 7.94. The second-order valence-corrected chi connectivity index (χ2v) is 3.37. The van der Waals surface area contributed by atoms with Crippen LogP contribution in [0.3, 0.4) is 0 Å². The fraction of sp³-hybridized carbons (Fsp3) is 0.333. The highest BCUT2D eigenvalue weighted by Gasteiger charge is 2.14. The monoisotopic (exact) mass is 223 g/mol. The molecule has 0 spiro atoms. The standard InChI is InChI=1S/C9H9ClF3N/c10-6-1-5(2-7(11)3-6)8(14)4-9(12)13/h1-3,8-9H,4,14H2/t8-/m1/s1. The van der Waals surface area contributed by atoms with Crippen LogP contribution in [0.15, 0.2) is 18.2 Å². The Morgan fingerprint density at radius 3 is 2.43 bits per heavy atom. The maximum absolute atomic E-state index is 12.8. The number of hydrogen-bond donors (Lipinski definition) is 1. The minimum Gasteiger partial charge on any atom is -0.324 e. The Labute approximate surface area is 84.7 Å². The SMILES string of the molecule is N[C@H](CC(F)F)c1cc(F)cc(Cl)c1. The summed E-state index contributed by atoms with van der Waals surface area (Å²) in [5.41, 5.74) is 5.72. The van der Waals surface area contributed by atoms with Gasteiger partial charge in [-0.3, -0.25) is 0 Å². The molecule has 0 saturated carbocycles. The third kappa shape index (κ3) is 3.20. The lowest BCUT2D eigenvalue weighted by atomic mass is 10.1. The van der Waals surface area contributed by atoms with Crippen LogP contribution in [-0.2, 0) is 0 Å². The van der Waals surface area contributed by atoms with Gasteiger partial charge in [-0.25, -0.2) is 13.2 Å². The van der Waals surface area contributed by atoms with Crippen molar-refractivity contribution in [3.8, 4) is 0 Å². The molecule has 0 aliphatic rings. The summed E-state index contributed by atoms with van der Waals surface area (Å²) < 4.78 is 36.7. The van der Waals surface area contributed by atoms with Gasteiger partial charge < -0.3 is 5.73 Å². The van der Waals surface area contributed by atoms with E-state index in [9.17, 15) is 13.2 Å². The molecule has 5 heteroatoms. The van der Waals surface area contributed by atoms with Gasteiger partial charge in [-0.1, -0.05) is 11.6 Å². The smallest absolute Gasteiger partial charge is 0.240 e. The molecular weight excluding hydrogens is 215 g/mol. The number of benzene rings is 1. The van der Waals surface area contributed by atoms with Gasteiger partial charge in [-0.05, 0) is 23.8 Å². The normalized spacial score (nSPS) is 13.3. The van der Waals surface area contributed by atoms with E-state index in [0.717, 1.165) is 12.1 Å². The Morgan fingerprint density at radius 2 is 1.93 bits per heavy atom. The van der Waals surface area contributed by atoms with Crippen molar-refractivity contribution in [1.82, 2.24) is 0 Å². The molecule has 1 rings (SSSR count). The molecular formula is C9H9ClF3N. The van der Waals surface area contributed by atoms with Gasteiger partial charge in [0.05, 0.1) is 0 Å². The van der Waals surface area contributed by atoms with Crippen LogP contribution in [-0.4, -0.2) is 6.43 Å². The molecule has 0 bridgehead atoms. The van der Waals surface area contributed by atoms with E-state index in [-0.39, 0.29) is 10.6 Å². The molecule has 14 heavy (non-hydrogen) atoms. The summed E-state index contributed by atoms with van der Waals surface area (Å²) in [7, 11) is 0. The van der Waals surface area contributed by atoms with Gasteiger partial charge in [0.2, 0.25) is 6.43 Å². The molecule has 0 aromatic heterocycles. The van der Waals surface area contributed by atoms with Gasteiger partial charge in [-0.2, -0.15) is 0 Å². The third-order valence-electron chi connectivity index (χ3n) is 1.75. The Balaban J connectivity index is 2.84. The molecule has 1 nitrogen and oxygen atoms in total. The van der Waals surface area contributed by atoms with Crippen LogP contribution in [0.25, 0.3) is 0 Å².